The van der Waals surface area contributed by atoms with Crippen LogP contribution in [0, 0.1) is 5.92 Å². The van der Waals surface area contributed by atoms with Gasteiger partial charge >= 0.3 is 0 Å². The van der Waals surface area contributed by atoms with E-state index in [-0.39, 0.29) is 30.6 Å². The predicted octanol–water partition coefficient (Wildman–Crippen LogP) is 6.32. The fraction of sp³-hybridized carbons (Fsp3) is 0.257. The molecule has 0 bridgehead atoms. The molecule has 1 aliphatic rings. The number of fused-ring (bicyclic) bond motifs is 1. The van der Waals surface area contributed by atoms with E-state index in [1.165, 1.54) is 6.92 Å². The monoisotopic (exact) mass is 561 g/mol. The van der Waals surface area contributed by atoms with E-state index in [0.717, 1.165) is 44.4 Å². The standard InChI is InChI=1S/C35H35N3O4/c1-23-33(20-38-22-37-31-8-3-4-9-32(31)38)41-35(42-34(23)28-12-10-25(21-39)11-13-28)29-16-14-27(15-17-29)30-7-5-6-26(18-30)19-36-24(2)40/h3-18,22-23,33-35,39H,19-21H2,1-2H3,(H,36,40). The fourth-order valence-electron chi connectivity index (χ4n) is 5.60. The van der Waals surface area contributed by atoms with Crippen LogP contribution >= 0.6 is 0 Å². The Morgan fingerprint density at radius 3 is 2.40 bits per heavy atom. The van der Waals surface area contributed by atoms with Crippen LogP contribution in [-0.2, 0) is 34.0 Å². The summed E-state index contributed by atoms with van der Waals surface area (Å²) in [6.07, 6.45) is 1.00. The van der Waals surface area contributed by atoms with Crippen molar-refractivity contribution in [2.75, 3.05) is 0 Å². The lowest BCUT2D eigenvalue weighted by atomic mass is 9.90. The van der Waals surface area contributed by atoms with Crippen LogP contribution in [0.4, 0.5) is 0 Å². The number of hydrogen-bond donors (Lipinski definition) is 2. The summed E-state index contributed by atoms with van der Waals surface area (Å²) in [7, 11) is 0. The van der Waals surface area contributed by atoms with E-state index in [2.05, 4.69) is 64.3 Å². The molecule has 2 heterocycles. The van der Waals surface area contributed by atoms with E-state index in [1.54, 1.807) is 0 Å². The number of benzene rings is 4. The Bertz CT molecular complexity index is 1660. The minimum Gasteiger partial charge on any atom is -0.392 e. The van der Waals surface area contributed by atoms with Crippen molar-refractivity contribution < 1.29 is 19.4 Å². The second-order valence-corrected chi connectivity index (χ2v) is 10.9. The molecule has 0 radical (unpaired) electrons. The number of rotatable bonds is 8. The number of nitrogens with zero attached hydrogens (tertiary/aromatic N) is 2. The van der Waals surface area contributed by atoms with Crippen LogP contribution in [0.5, 0.6) is 0 Å². The van der Waals surface area contributed by atoms with Gasteiger partial charge in [0.15, 0.2) is 6.29 Å². The Morgan fingerprint density at radius 1 is 0.881 bits per heavy atom. The number of carbonyl (C=O) groups excluding carboxylic acids is 1. The molecule has 0 spiro atoms. The van der Waals surface area contributed by atoms with Gasteiger partial charge in [0.1, 0.15) is 0 Å². The van der Waals surface area contributed by atoms with E-state index in [1.807, 2.05) is 60.9 Å². The second-order valence-electron chi connectivity index (χ2n) is 10.9. The number of hydrogen-bond acceptors (Lipinski definition) is 5. The number of aliphatic hydroxyl groups is 1. The lowest BCUT2D eigenvalue weighted by Crippen LogP contribution is -2.39. The molecule has 6 rings (SSSR count). The summed E-state index contributed by atoms with van der Waals surface area (Å²) in [5.41, 5.74) is 8.10. The van der Waals surface area contributed by atoms with Gasteiger partial charge in [0, 0.05) is 24.9 Å². The van der Waals surface area contributed by atoms with Crippen molar-refractivity contribution in [3.63, 3.8) is 0 Å². The maximum absolute atomic E-state index is 11.3. The first-order valence-electron chi connectivity index (χ1n) is 14.3. The highest BCUT2D eigenvalue weighted by Gasteiger charge is 2.38. The molecule has 1 fully saturated rings. The number of nitrogens with one attached hydrogen (secondary N) is 1. The third-order valence-corrected chi connectivity index (χ3v) is 8.01. The van der Waals surface area contributed by atoms with Crippen LogP contribution < -0.4 is 5.32 Å². The predicted molar refractivity (Wildman–Crippen MR) is 162 cm³/mol. The van der Waals surface area contributed by atoms with Gasteiger partial charge in [-0.05, 0) is 46.0 Å². The third-order valence-electron chi connectivity index (χ3n) is 8.01. The number of aromatic nitrogens is 2. The summed E-state index contributed by atoms with van der Waals surface area (Å²) < 4.78 is 15.5. The Morgan fingerprint density at radius 2 is 1.64 bits per heavy atom. The molecule has 4 atom stereocenters. The van der Waals surface area contributed by atoms with Crippen LogP contribution in [0.3, 0.4) is 0 Å². The molecule has 1 aromatic heterocycles. The van der Waals surface area contributed by atoms with Crippen LogP contribution in [0.15, 0.2) is 103 Å². The van der Waals surface area contributed by atoms with Crippen molar-refractivity contribution in [1.29, 1.82) is 0 Å². The second kappa shape index (κ2) is 12.3. The van der Waals surface area contributed by atoms with Crippen molar-refractivity contribution in [2.24, 2.45) is 5.92 Å². The molecule has 4 aromatic carbocycles. The molecule has 0 aliphatic carbocycles. The Hall–Kier alpha value is -4.30. The molecule has 7 heteroatoms. The van der Waals surface area contributed by atoms with E-state index in [4.69, 9.17) is 9.47 Å². The highest BCUT2D eigenvalue weighted by Crippen LogP contribution is 2.42. The molecule has 42 heavy (non-hydrogen) atoms. The lowest BCUT2D eigenvalue weighted by molar-refractivity contribution is -0.276. The Kier molecular flexibility index (Phi) is 8.15. The molecule has 5 aromatic rings. The highest BCUT2D eigenvalue weighted by atomic mass is 16.7. The van der Waals surface area contributed by atoms with E-state index >= 15 is 0 Å². The zero-order valence-corrected chi connectivity index (χ0v) is 23.8. The van der Waals surface area contributed by atoms with Gasteiger partial charge in [-0.2, -0.15) is 0 Å². The number of amides is 1. The number of carbonyl (C=O) groups is 1. The van der Waals surface area contributed by atoms with Gasteiger partial charge in [-0.1, -0.05) is 85.8 Å². The van der Waals surface area contributed by atoms with Crippen molar-refractivity contribution >= 4 is 16.9 Å². The first-order valence-corrected chi connectivity index (χ1v) is 14.3. The topological polar surface area (TPSA) is 85.6 Å². The maximum Gasteiger partial charge on any atom is 0.217 e. The first-order chi connectivity index (χ1) is 20.5. The quantitative estimate of drug-likeness (QED) is 0.232. The fourth-order valence-corrected chi connectivity index (χ4v) is 5.60. The van der Waals surface area contributed by atoms with Gasteiger partial charge in [-0.25, -0.2) is 4.98 Å². The zero-order valence-electron chi connectivity index (χ0n) is 23.8. The van der Waals surface area contributed by atoms with E-state index in [0.29, 0.717) is 13.1 Å². The van der Waals surface area contributed by atoms with Gasteiger partial charge in [-0.3, -0.25) is 4.79 Å². The molecular formula is C35H35N3O4. The number of para-hydroxylation sites is 2. The molecule has 0 saturated carbocycles. The van der Waals surface area contributed by atoms with Crippen molar-refractivity contribution in [3.8, 4) is 11.1 Å². The number of ether oxygens (including phenoxy) is 2. The van der Waals surface area contributed by atoms with Crippen molar-refractivity contribution in [2.45, 2.75) is 52.0 Å². The molecule has 1 amide bonds. The van der Waals surface area contributed by atoms with Crippen LogP contribution in [0.2, 0.25) is 0 Å². The van der Waals surface area contributed by atoms with E-state index < -0.39 is 6.29 Å². The summed E-state index contributed by atoms with van der Waals surface area (Å²) in [6.45, 7) is 4.84. The smallest absolute Gasteiger partial charge is 0.217 e. The van der Waals surface area contributed by atoms with Crippen LogP contribution in [0.1, 0.15) is 48.5 Å². The molecule has 1 aliphatic heterocycles. The average molecular weight is 562 g/mol. The summed E-state index contributed by atoms with van der Waals surface area (Å²) >= 11 is 0. The van der Waals surface area contributed by atoms with Gasteiger partial charge in [0.05, 0.1) is 42.7 Å². The molecular weight excluding hydrogens is 526 g/mol. The Labute approximate surface area is 245 Å². The summed E-state index contributed by atoms with van der Waals surface area (Å²) in [6, 6.07) is 32.6. The molecule has 214 valence electrons. The van der Waals surface area contributed by atoms with Crippen LogP contribution in [-0.4, -0.2) is 26.7 Å². The summed E-state index contributed by atoms with van der Waals surface area (Å²) in [5.74, 6) is 0.0155. The van der Waals surface area contributed by atoms with E-state index in [9.17, 15) is 9.90 Å². The molecule has 4 unspecified atom stereocenters. The summed E-state index contributed by atoms with van der Waals surface area (Å²) in [4.78, 5) is 15.9. The van der Waals surface area contributed by atoms with Crippen LogP contribution in [0.25, 0.3) is 22.2 Å². The third kappa shape index (κ3) is 5.99. The van der Waals surface area contributed by atoms with Gasteiger partial charge < -0.3 is 24.5 Å². The van der Waals surface area contributed by atoms with Gasteiger partial charge in [0.25, 0.3) is 0 Å². The largest absolute Gasteiger partial charge is 0.392 e. The summed E-state index contributed by atoms with van der Waals surface area (Å²) in [5, 5.41) is 12.4. The molecule has 7 nitrogen and oxygen atoms in total. The van der Waals surface area contributed by atoms with Crippen molar-refractivity contribution in [3.05, 3.63) is 126 Å². The zero-order chi connectivity index (χ0) is 29.1. The minimum absolute atomic E-state index is 0.00587. The number of aliphatic hydroxyl groups excluding tert-OH is 1. The highest BCUT2D eigenvalue weighted by molar-refractivity contribution is 5.75. The van der Waals surface area contributed by atoms with Gasteiger partial charge in [-0.15, -0.1) is 0 Å². The number of imidazole rings is 1. The lowest BCUT2D eigenvalue weighted by Gasteiger charge is -2.41. The maximum atomic E-state index is 11.3. The average Bonchev–Trinajstić information content (AvgIpc) is 3.44. The molecule has 1 saturated heterocycles. The minimum atomic E-state index is -0.552. The SMILES string of the molecule is CC(=O)NCc1cccc(-c2ccc(C3OC(Cn4cnc5ccccc54)C(C)C(c4ccc(CO)cc4)O3)cc2)c1. The normalized spacial score (nSPS) is 20.5. The van der Waals surface area contributed by atoms with Crippen molar-refractivity contribution in [1.82, 2.24) is 14.9 Å². The van der Waals surface area contributed by atoms with Gasteiger partial charge in [0.2, 0.25) is 5.91 Å². The first kappa shape index (κ1) is 27.8. The Balaban J connectivity index is 1.27. The molecule has 2 N–H and O–H groups in total.